The molecule has 102 valence electrons. The van der Waals surface area contributed by atoms with Gasteiger partial charge in [0.2, 0.25) is 0 Å². The van der Waals surface area contributed by atoms with Gasteiger partial charge in [-0.2, -0.15) is 0 Å². The van der Waals surface area contributed by atoms with Gasteiger partial charge in [0.05, 0.1) is 6.54 Å². The van der Waals surface area contributed by atoms with E-state index in [2.05, 4.69) is 0 Å². The van der Waals surface area contributed by atoms with Crippen molar-refractivity contribution in [2.24, 2.45) is 5.73 Å². The molecule has 1 rings (SSSR count). The number of anilines is 1. The molecule has 2 nitrogen and oxygen atoms in total. The smallest absolute Gasteiger partial charge is 0.255 e. The monoisotopic (exact) mass is 276 g/mol. The maximum Gasteiger partial charge on any atom is 0.255 e. The summed E-state index contributed by atoms with van der Waals surface area (Å²) in [6, 6.07) is 5.31. The van der Waals surface area contributed by atoms with Crippen molar-refractivity contribution in [1.29, 1.82) is 0 Å². The summed E-state index contributed by atoms with van der Waals surface area (Å²) in [5.41, 5.74) is 7.49. The molecule has 0 saturated carbocycles. The highest BCUT2D eigenvalue weighted by molar-refractivity contribution is 6.31. The Hall–Kier alpha value is -0.870. The van der Waals surface area contributed by atoms with Gasteiger partial charge in [0.15, 0.2) is 0 Å². The zero-order valence-electron chi connectivity index (χ0n) is 10.7. The lowest BCUT2D eigenvalue weighted by molar-refractivity contribution is 0.156. The highest BCUT2D eigenvalue weighted by Gasteiger charge is 2.16. The molecule has 18 heavy (non-hydrogen) atoms. The molecule has 1 unspecified atom stereocenters. The molecular weight excluding hydrogens is 258 g/mol. The standard InChI is InChI=1S/C13H19ClF2N2/c1-3-9(17)7-10-11(14)5-4-6-12(10)18(2)8-13(15)16/h4-6,9,13H,3,7-8,17H2,1-2H3. The van der Waals surface area contributed by atoms with Crippen LogP contribution in [0.4, 0.5) is 14.5 Å². The first kappa shape index (κ1) is 15.2. The highest BCUT2D eigenvalue weighted by Crippen LogP contribution is 2.28. The third-order valence-electron chi connectivity index (χ3n) is 2.91. The van der Waals surface area contributed by atoms with E-state index in [-0.39, 0.29) is 12.6 Å². The first-order chi connectivity index (χ1) is 8.45. The van der Waals surface area contributed by atoms with Crippen molar-refractivity contribution in [3.05, 3.63) is 28.8 Å². The number of benzene rings is 1. The van der Waals surface area contributed by atoms with Crippen LogP contribution in [0.2, 0.25) is 5.02 Å². The van der Waals surface area contributed by atoms with Crippen LogP contribution in [0.15, 0.2) is 18.2 Å². The Morgan fingerprint density at radius 1 is 1.39 bits per heavy atom. The molecule has 0 bridgehead atoms. The van der Waals surface area contributed by atoms with Crippen molar-refractivity contribution < 1.29 is 8.78 Å². The Morgan fingerprint density at radius 3 is 2.61 bits per heavy atom. The Balaban J connectivity index is 2.99. The fourth-order valence-corrected chi connectivity index (χ4v) is 2.07. The molecule has 0 fully saturated rings. The van der Waals surface area contributed by atoms with E-state index in [0.717, 1.165) is 17.7 Å². The second kappa shape index (κ2) is 6.90. The van der Waals surface area contributed by atoms with Gasteiger partial charge in [0.25, 0.3) is 6.43 Å². The molecule has 0 radical (unpaired) electrons. The molecule has 0 amide bonds. The van der Waals surface area contributed by atoms with Gasteiger partial charge in [-0.05, 0) is 30.5 Å². The van der Waals surface area contributed by atoms with Crippen molar-refractivity contribution in [3.8, 4) is 0 Å². The minimum atomic E-state index is -2.37. The van der Waals surface area contributed by atoms with Gasteiger partial charge in [-0.25, -0.2) is 8.78 Å². The van der Waals surface area contributed by atoms with Gasteiger partial charge < -0.3 is 10.6 Å². The topological polar surface area (TPSA) is 29.3 Å². The summed E-state index contributed by atoms with van der Waals surface area (Å²) in [4.78, 5) is 1.52. The lowest BCUT2D eigenvalue weighted by Crippen LogP contribution is -2.27. The zero-order valence-corrected chi connectivity index (χ0v) is 11.4. The first-order valence-electron chi connectivity index (χ1n) is 5.98. The highest BCUT2D eigenvalue weighted by atomic mass is 35.5. The SMILES string of the molecule is CCC(N)Cc1c(Cl)cccc1N(C)CC(F)F. The predicted octanol–water partition coefficient (Wildman–Crippen LogP) is 3.32. The number of alkyl halides is 2. The van der Waals surface area contributed by atoms with Crippen molar-refractivity contribution in [2.45, 2.75) is 32.2 Å². The molecule has 0 heterocycles. The average Bonchev–Trinajstić information content (AvgIpc) is 2.30. The summed E-state index contributed by atoms with van der Waals surface area (Å²) in [6.45, 7) is 1.68. The summed E-state index contributed by atoms with van der Waals surface area (Å²) in [7, 11) is 1.64. The largest absolute Gasteiger partial charge is 0.369 e. The molecule has 0 saturated heterocycles. The third kappa shape index (κ3) is 4.10. The van der Waals surface area contributed by atoms with Crippen LogP contribution in [0.25, 0.3) is 0 Å². The minimum Gasteiger partial charge on any atom is -0.369 e. The van der Waals surface area contributed by atoms with Gasteiger partial charge in [0.1, 0.15) is 0 Å². The van der Waals surface area contributed by atoms with Gasteiger partial charge in [-0.1, -0.05) is 24.6 Å². The Labute approximate surface area is 112 Å². The van der Waals surface area contributed by atoms with E-state index < -0.39 is 6.43 Å². The van der Waals surface area contributed by atoms with Gasteiger partial charge in [-0.15, -0.1) is 0 Å². The second-order valence-electron chi connectivity index (χ2n) is 4.38. The van der Waals surface area contributed by atoms with Crippen molar-refractivity contribution in [3.63, 3.8) is 0 Å². The molecule has 1 aromatic rings. The zero-order chi connectivity index (χ0) is 13.7. The normalized spacial score (nSPS) is 12.8. The predicted molar refractivity (Wildman–Crippen MR) is 72.7 cm³/mol. The molecule has 0 aromatic heterocycles. The fourth-order valence-electron chi connectivity index (χ4n) is 1.82. The van der Waals surface area contributed by atoms with Crippen LogP contribution in [0.5, 0.6) is 0 Å². The average molecular weight is 277 g/mol. The summed E-state index contributed by atoms with van der Waals surface area (Å²) in [6.07, 6.45) is -0.954. The van der Waals surface area contributed by atoms with Crippen LogP contribution in [-0.4, -0.2) is 26.1 Å². The lowest BCUT2D eigenvalue weighted by atomic mass is 10.0. The summed E-state index contributed by atoms with van der Waals surface area (Å²) < 4.78 is 24.9. The van der Waals surface area contributed by atoms with E-state index in [9.17, 15) is 8.78 Å². The molecule has 2 N–H and O–H groups in total. The molecule has 0 aliphatic carbocycles. The lowest BCUT2D eigenvalue weighted by Gasteiger charge is -2.24. The number of nitrogens with zero attached hydrogens (tertiary/aromatic N) is 1. The summed E-state index contributed by atoms with van der Waals surface area (Å²) >= 11 is 6.14. The molecule has 0 spiro atoms. The minimum absolute atomic E-state index is 0.0106. The maximum absolute atomic E-state index is 12.4. The van der Waals surface area contributed by atoms with Crippen LogP contribution in [0, 0.1) is 0 Å². The van der Waals surface area contributed by atoms with E-state index in [1.807, 2.05) is 6.92 Å². The van der Waals surface area contributed by atoms with Crippen molar-refractivity contribution in [1.82, 2.24) is 0 Å². The Bertz CT molecular complexity index is 385. The van der Waals surface area contributed by atoms with Crippen molar-refractivity contribution in [2.75, 3.05) is 18.5 Å². The number of hydrogen-bond donors (Lipinski definition) is 1. The number of hydrogen-bond acceptors (Lipinski definition) is 2. The number of halogens is 3. The van der Waals surface area contributed by atoms with E-state index in [0.29, 0.717) is 11.4 Å². The number of nitrogens with two attached hydrogens (primary N) is 1. The molecule has 5 heteroatoms. The van der Waals surface area contributed by atoms with E-state index in [4.69, 9.17) is 17.3 Å². The van der Waals surface area contributed by atoms with E-state index >= 15 is 0 Å². The van der Waals surface area contributed by atoms with E-state index in [1.54, 1.807) is 25.2 Å². The van der Waals surface area contributed by atoms with Gasteiger partial charge in [-0.3, -0.25) is 0 Å². The van der Waals surface area contributed by atoms with Crippen LogP contribution in [0.1, 0.15) is 18.9 Å². The summed E-state index contributed by atoms with van der Waals surface area (Å²) in [5.74, 6) is 0. The van der Waals surface area contributed by atoms with Crippen molar-refractivity contribution >= 4 is 17.3 Å². The molecule has 0 aliphatic rings. The summed E-state index contributed by atoms with van der Waals surface area (Å²) in [5, 5.41) is 0.581. The molecule has 1 atom stereocenters. The van der Waals surface area contributed by atoms with Crippen LogP contribution >= 0.6 is 11.6 Å². The maximum atomic E-state index is 12.4. The van der Waals surface area contributed by atoms with Gasteiger partial charge >= 0.3 is 0 Å². The van der Waals surface area contributed by atoms with Gasteiger partial charge in [0, 0.05) is 23.8 Å². The molecule has 0 aliphatic heterocycles. The second-order valence-corrected chi connectivity index (χ2v) is 4.79. The van der Waals surface area contributed by atoms with E-state index in [1.165, 1.54) is 4.90 Å². The number of rotatable bonds is 6. The van der Waals surface area contributed by atoms with Crippen LogP contribution < -0.4 is 10.6 Å². The Morgan fingerprint density at radius 2 is 2.06 bits per heavy atom. The quantitative estimate of drug-likeness (QED) is 0.864. The third-order valence-corrected chi connectivity index (χ3v) is 3.26. The first-order valence-corrected chi connectivity index (χ1v) is 6.35. The Kier molecular flexibility index (Phi) is 5.82. The molecule has 1 aromatic carbocycles. The van der Waals surface area contributed by atoms with Crippen LogP contribution in [-0.2, 0) is 6.42 Å². The fraction of sp³-hybridized carbons (Fsp3) is 0.538. The van der Waals surface area contributed by atoms with Crippen LogP contribution in [0.3, 0.4) is 0 Å². The molecular formula is C13H19ClF2N2.